The lowest BCUT2D eigenvalue weighted by atomic mass is 10.0. The van der Waals surface area contributed by atoms with Crippen molar-refractivity contribution in [3.8, 4) is 5.75 Å². The van der Waals surface area contributed by atoms with Crippen molar-refractivity contribution in [3.63, 3.8) is 0 Å². The van der Waals surface area contributed by atoms with Crippen LogP contribution in [0.1, 0.15) is 27.3 Å². The van der Waals surface area contributed by atoms with Crippen molar-refractivity contribution in [3.05, 3.63) is 83.4 Å². The minimum absolute atomic E-state index is 0.0111. The number of rotatable bonds is 4. The minimum Gasteiger partial charge on any atom is -0.487 e. The molecule has 0 saturated carbocycles. The number of nitrogens with zero attached hydrogens (tertiary/aromatic N) is 4. The van der Waals surface area contributed by atoms with Gasteiger partial charge in [-0.3, -0.25) is 9.89 Å². The molecule has 140 valence electrons. The molecule has 1 amide bonds. The van der Waals surface area contributed by atoms with Crippen LogP contribution in [0.3, 0.4) is 0 Å². The van der Waals surface area contributed by atoms with E-state index in [1.165, 1.54) is 0 Å². The molecule has 1 N–H and O–H groups in total. The van der Waals surface area contributed by atoms with Gasteiger partial charge in [-0.1, -0.05) is 24.3 Å². The first-order valence-corrected chi connectivity index (χ1v) is 9.24. The molecule has 1 aromatic carbocycles. The van der Waals surface area contributed by atoms with Gasteiger partial charge in [0.05, 0.1) is 17.3 Å². The fraction of sp³-hybridized carbons (Fsp3) is 0.190. The van der Waals surface area contributed by atoms with Gasteiger partial charge in [-0.05, 0) is 24.3 Å². The van der Waals surface area contributed by atoms with Gasteiger partial charge in [0.1, 0.15) is 18.1 Å². The Hall–Kier alpha value is -3.61. The maximum Gasteiger partial charge on any atom is 0.258 e. The van der Waals surface area contributed by atoms with Crippen molar-refractivity contribution in [2.45, 2.75) is 19.6 Å². The van der Waals surface area contributed by atoms with Crippen LogP contribution in [0.5, 0.6) is 5.75 Å². The van der Waals surface area contributed by atoms with Crippen LogP contribution < -0.4 is 4.74 Å². The Morgan fingerprint density at radius 2 is 2.00 bits per heavy atom. The number of nitrogens with one attached hydrogen (secondary N) is 1. The maximum absolute atomic E-state index is 13.1. The largest absolute Gasteiger partial charge is 0.487 e. The van der Waals surface area contributed by atoms with Gasteiger partial charge in [0.25, 0.3) is 5.91 Å². The summed E-state index contributed by atoms with van der Waals surface area (Å²) in [4.78, 5) is 15.0. The molecule has 0 bridgehead atoms. The van der Waals surface area contributed by atoms with Gasteiger partial charge >= 0.3 is 0 Å². The quantitative estimate of drug-likeness (QED) is 0.597. The minimum atomic E-state index is -0.0111. The highest BCUT2D eigenvalue weighted by Gasteiger charge is 2.27. The summed E-state index contributed by atoms with van der Waals surface area (Å²) in [5, 5.41) is 11.8. The van der Waals surface area contributed by atoms with Crippen molar-refractivity contribution >= 4 is 11.4 Å². The third-order valence-corrected chi connectivity index (χ3v) is 5.08. The molecule has 0 fully saturated rings. The van der Waals surface area contributed by atoms with Gasteiger partial charge in [0.15, 0.2) is 0 Å². The Kier molecular flexibility index (Phi) is 4.05. The highest BCUT2D eigenvalue weighted by molar-refractivity contribution is 6.00. The van der Waals surface area contributed by atoms with E-state index < -0.39 is 0 Å². The van der Waals surface area contributed by atoms with Crippen molar-refractivity contribution in [2.24, 2.45) is 0 Å². The van der Waals surface area contributed by atoms with Gasteiger partial charge in [-0.15, -0.1) is 0 Å². The first-order chi connectivity index (χ1) is 13.8. The normalized spacial score (nSPS) is 13.5. The average Bonchev–Trinajstić information content (AvgIpc) is 3.36. The number of hydrogen-bond donors (Lipinski definition) is 1. The monoisotopic (exact) mass is 373 g/mol. The predicted octanol–water partition coefficient (Wildman–Crippen LogP) is 2.83. The molecule has 0 saturated heterocycles. The highest BCUT2D eigenvalue weighted by atomic mass is 16.5. The summed E-state index contributed by atoms with van der Waals surface area (Å²) in [5.41, 5.74) is 4.41. The predicted molar refractivity (Wildman–Crippen MR) is 103 cm³/mol. The third kappa shape index (κ3) is 2.90. The van der Waals surface area contributed by atoms with Gasteiger partial charge < -0.3 is 9.64 Å². The lowest BCUT2D eigenvalue weighted by molar-refractivity contribution is 0.0735. The molecule has 28 heavy (non-hydrogen) atoms. The summed E-state index contributed by atoms with van der Waals surface area (Å²) in [6.07, 6.45) is 4.23. The number of hydrogen-bond acceptors (Lipinski definition) is 4. The van der Waals surface area contributed by atoms with Crippen molar-refractivity contribution in [2.75, 3.05) is 6.54 Å². The summed E-state index contributed by atoms with van der Waals surface area (Å²) in [5.74, 6) is 0.789. The molecule has 1 aliphatic heterocycles. The molecule has 7 heteroatoms. The highest BCUT2D eigenvalue weighted by Crippen LogP contribution is 2.24. The SMILES string of the molecule is O=C(c1cnn2ccccc12)N1CCc2[nH]nc(COc3ccccc3)c2C1. The third-order valence-electron chi connectivity index (χ3n) is 5.08. The first kappa shape index (κ1) is 16.6. The molecule has 4 heterocycles. The fourth-order valence-electron chi connectivity index (χ4n) is 3.59. The Bertz CT molecular complexity index is 1130. The Morgan fingerprint density at radius 1 is 1.14 bits per heavy atom. The van der Waals surface area contributed by atoms with Crippen LogP contribution in [-0.2, 0) is 19.6 Å². The number of para-hydroxylation sites is 1. The van der Waals surface area contributed by atoms with Crippen LogP contribution in [0.4, 0.5) is 0 Å². The molecule has 3 aromatic heterocycles. The zero-order chi connectivity index (χ0) is 18.9. The number of aromatic nitrogens is 4. The molecular weight excluding hydrogens is 354 g/mol. The lowest BCUT2D eigenvalue weighted by Crippen LogP contribution is -2.36. The molecule has 0 unspecified atom stereocenters. The fourth-order valence-corrected chi connectivity index (χ4v) is 3.59. The van der Waals surface area contributed by atoms with Gasteiger partial charge in [0, 0.05) is 37.0 Å². The topological polar surface area (TPSA) is 75.5 Å². The number of fused-ring (bicyclic) bond motifs is 2. The number of amides is 1. The zero-order valence-electron chi connectivity index (χ0n) is 15.2. The number of benzene rings is 1. The van der Waals surface area contributed by atoms with Crippen LogP contribution in [0.15, 0.2) is 60.9 Å². The molecule has 0 atom stereocenters. The second-order valence-corrected chi connectivity index (χ2v) is 6.79. The van der Waals surface area contributed by atoms with E-state index in [0.717, 1.165) is 34.6 Å². The standard InChI is InChI=1S/C21H19N5O2/c27-21(16-12-22-26-10-5-4-8-20(16)26)25-11-9-18-17(13-25)19(24-23-18)14-28-15-6-2-1-3-7-15/h1-8,10,12H,9,11,13-14H2,(H,23,24). The summed E-state index contributed by atoms with van der Waals surface area (Å²) in [6.45, 7) is 1.54. The summed E-state index contributed by atoms with van der Waals surface area (Å²) < 4.78 is 7.56. The second-order valence-electron chi connectivity index (χ2n) is 6.79. The maximum atomic E-state index is 13.1. The van der Waals surface area contributed by atoms with E-state index >= 15 is 0 Å². The van der Waals surface area contributed by atoms with Crippen molar-refractivity contribution in [1.29, 1.82) is 0 Å². The van der Waals surface area contributed by atoms with Crippen LogP contribution in [0, 0.1) is 0 Å². The van der Waals surface area contributed by atoms with E-state index in [9.17, 15) is 4.79 Å². The van der Waals surface area contributed by atoms with Crippen LogP contribution in [0.2, 0.25) is 0 Å². The zero-order valence-corrected chi connectivity index (χ0v) is 15.2. The molecular formula is C21H19N5O2. The average molecular weight is 373 g/mol. The van der Waals surface area contributed by atoms with E-state index in [1.807, 2.05) is 59.6 Å². The molecule has 0 aliphatic carbocycles. The van der Waals surface area contributed by atoms with Crippen LogP contribution in [-0.4, -0.2) is 37.2 Å². The molecule has 0 spiro atoms. The van der Waals surface area contributed by atoms with Crippen LogP contribution >= 0.6 is 0 Å². The van der Waals surface area contributed by atoms with E-state index in [0.29, 0.717) is 25.3 Å². The molecule has 5 rings (SSSR count). The van der Waals surface area contributed by atoms with E-state index in [4.69, 9.17) is 4.74 Å². The Balaban J connectivity index is 1.36. The first-order valence-electron chi connectivity index (χ1n) is 9.24. The van der Waals surface area contributed by atoms with Gasteiger partial charge in [-0.25, -0.2) is 4.52 Å². The Morgan fingerprint density at radius 3 is 2.89 bits per heavy atom. The van der Waals surface area contributed by atoms with Gasteiger partial charge in [0.2, 0.25) is 0 Å². The number of pyridine rings is 1. The molecule has 4 aromatic rings. The smallest absolute Gasteiger partial charge is 0.258 e. The van der Waals surface area contributed by atoms with Crippen LogP contribution in [0.25, 0.3) is 5.52 Å². The molecule has 7 nitrogen and oxygen atoms in total. The summed E-state index contributed by atoms with van der Waals surface area (Å²) in [6, 6.07) is 15.4. The summed E-state index contributed by atoms with van der Waals surface area (Å²) in [7, 11) is 0. The van der Waals surface area contributed by atoms with Crippen molar-refractivity contribution < 1.29 is 9.53 Å². The lowest BCUT2D eigenvalue weighted by Gasteiger charge is -2.27. The van der Waals surface area contributed by atoms with E-state index in [-0.39, 0.29) is 5.91 Å². The van der Waals surface area contributed by atoms with E-state index in [1.54, 1.807) is 10.7 Å². The Labute approximate surface area is 161 Å². The van der Waals surface area contributed by atoms with Gasteiger partial charge in [-0.2, -0.15) is 10.2 Å². The number of H-pyrrole nitrogens is 1. The second kappa shape index (κ2) is 6.84. The number of ether oxygens (including phenoxy) is 1. The number of aromatic amines is 1. The number of carbonyl (C=O) groups is 1. The molecule has 1 aliphatic rings. The van der Waals surface area contributed by atoms with E-state index in [2.05, 4.69) is 15.3 Å². The van der Waals surface area contributed by atoms with Crippen molar-refractivity contribution in [1.82, 2.24) is 24.7 Å². The summed E-state index contributed by atoms with van der Waals surface area (Å²) >= 11 is 0. The molecule has 0 radical (unpaired) electrons. The number of carbonyl (C=O) groups excluding carboxylic acids is 1.